The Morgan fingerprint density at radius 3 is 2.56 bits per heavy atom. The summed E-state index contributed by atoms with van der Waals surface area (Å²) in [7, 11) is 3.25. The molecule has 0 amide bonds. The summed E-state index contributed by atoms with van der Waals surface area (Å²) in [4.78, 5) is 26.1. The van der Waals surface area contributed by atoms with E-state index in [1.807, 2.05) is 32.2 Å². The summed E-state index contributed by atoms with van der Waals surface area (Å²) in [5.74, 6) is 4.04. The summed E-state index contributed by atoms with van der Waals surface area (Å²) in [5.41, 5.74) is 3.54. The number of fused-ring (bicyclic) bond motifs is 4. The molecule has 4 aliphatic carbocycles. The number of carbonyl (C=O) groups excluding carboxylic acids is 2. The van der Waals surface area contributed by atoms with E-state index in [2.05, 4.69) is 30.3 Å². The first-order chi connectivity index (χ1) is 18.4. The van der Waals surface area contributed by atoms with E-state index in [-0.39, 0.29) is 41.8 Å². The van der Waals surface area contributed by atoms with Crippen LogP contribution in [-0.2, 0) is 14.3 Å². The minimum Gasteiger partial charge on any atom is -0.388 e. The standard InChI is InChI=1S/C32H36F3NO3/c1-19-15-25-27-11-12-31(28(38)18-39-4,13-14-32(33,34)35)30(27,2)17-26(20-5-7-21(36-3)8-6-20)29(25)23-10-9-22(37)16-24(19)23/h5-8,16,19,25-27,36H,9-12,15,17-18H2,1-4H3/t19?,25-,26+,27-,30-,31-/m0/s1. The van der Waals surface area contributed by atoms with Crippen molar-refractivity contribution in [2.75, 3.05) is 26.1 Å². The monoisotopic (exact) mass is 539 g/mol. The highest BCUT2D eigenvalue weighted by Crippen LogP contribution is 2.70. The van der Waals surface area contributed by atoms with Gasteiger partial charge in [0, 0.05) is 38.1 Å². The molecule has 1 aromatic rings. The topological polar surface area (TPSA) is 55.4 Å². The Morgan fingerprint density at radius 1 is 1.21 bits per heavy atom. The van der Waals surface area contributed by atoms with Crippen molar-refractivity contribution in [1.29, 1.82) is 0 Å². The van der Waals surface area contributed by atoms with Crippen molar-refractivity contribution in [2.45, 2.75) is 64.5 Å². The normalized spacial score (nSPS) is 33.8. The van der Waals surface area contributed by atoms with Crippen LogP contribution in [0.1, 0.15) is 63.9 Å². The zero-order valence-corrected chi connectivity index (χ0v) is 23.0. The van der Waals surface area contributed by atoms with E-state index in [1.54, 1.807) is 0 Å². The molecule has 4 nitrogen and oxygen atoms in total. The SMILES string of the molecule is CNc1ccc([C@H]2C[C@@]3(C)[C@@H](CC[C@]3(C#CC(F)(F)F)C(=O)COC)[C@@H]3CC(C)C4=CC(=O)CCC4=C32)cc1. The van der Waals surface area contributed by atoms with Crippen LogP contribution in [0.3, 0.4) is 0 Å². The van der Waals surface area contributed by atoms with Gasteiger partial charge in [0.1, 0.15) is 6.61 Å². The van der Waals surface area contributed by atoms with Gasteiger partial charge in [-0.15, -0.1) is 0 Å². The Hall–Kier alpha value is -2.85. The van der Waals surface area contributed by atoms with Gasteiger partial charge in [-0.05, 0) is 90.2 Å². The molecule has 0 bridgehead atoms. The molecule has 7 heteroatoms. The van der Waals surface area contributed by atoms with Crippen LogP contribution in [0, 0.1) is 40.4 Å². The van der Waals surface area contributed by atoms with Gasteiger partial charge in [-0.3, -0.25) is 9.59 Å². The van der Waals surface area contributed by atoms with Crippen LogP contribution in [0.2, 0.25) is 0 Å². The summed E-state index contributed by atoms with van der Waals surface area (Å²) in [6, 6.07) is 8.18. The lowest BCUT2D eigenvalue weighted by atomic mass is 9.47. The van der Waals surface area contributed by atoms with Gasteiger partial charge in [0.15, 0.2) is 11.6 Å². The number of carbonyl (C=O) groups is 2. The first-order valence-electron chi connectivity index (χ1n) is 13.8. The largest absolute Gasteiger partial charge is 0.457 e. The Labute approximate surface area is 228 Å². The number of hydrogen-bond acceptors (Lipinski definition) is 4. The molecule has 0 aromatic heterocycles. The first-order valence-corrected chi connectivity index (χ1v) is 13.8. The van der Waals surface area contributed by atoms with Crippen LogP contribution in [0.5, 0.6) is 0 Å². The molecular formula is C32H36F3NO3. The minimum absolute atomic E-state index is 0.0119. The number of rotatable bonds is 5. The quantitative estimate of drug-likeness (QED) is 0.426. The summed E-state index contributed by atoms with van der Waals surface area (Å²) in [6.07, 6.45) is 0.549. The van der Waals surface area contributed by atoms with Gasteiger partial charge >= 0.3 is 6.18 Å². The number of ether oxygens (including phenoxy) is 1. The molecule has 208 valence electrons. The van der Waals surface area contributed by atoms with Crippen LogP contribution in [-0.4, -0.2) is 38.5 Å². The third kappa shape index (κ3) is 4.55. The number of hydrogen-bond donors (Lipinski definition) is 1. The van der Waals surface area contributed by atoms with E-state index >= 15 is 0 Å². The Balaban J connectivity index is 1.72. The van der Waals surface area contributed by atoms with Crippen molar-refractivity contribution in [2.24, 2.45) is 28.6 Å². The molecule has 0 aliphatic heterocycles. The van der Waals surface area contributed by atoms with Crippen LogP contribution in [0.15, 0.2) is 47.1 Å². The number of Topliss-reactive ketones (excluding diaryl/α,β-unsaturated/α-hetero) is 1. The molecule has 4 aliphatic rings. The predicted octanol–water partition coefficient (Wildman–Crippen LogP) is 6.64. The number of anilines is 1. The fraction of sp³-hybridized carbons (Fsp3) is 0.562. The molecule has 0 heterocycles. The molecule has 0 saturated heterocycles. The average molecular weight is 540 g/mol. The molecule has 39 heavy (non-hydrogen) atoms. The van der Waals surface area contributed by atoms with Crippen LogP contribution in [0.25, 0.3) is 0 Å². The molecule has 5 rings (SSSR count). The maximum atomic E-state index is 13.7. The van der Waals surface area contributed by atoms with Gasteiger partial charge in [0.2, 0.25) is 0 Å². The summed E-state index contributed by atoms with van der Waals surface area (Å²) >= 11 is 0. The van der Waals surface area contributed by atoms with Crippen LogP contribution < -0.4 is 5.32 Å². The number of nitrogens with one attached hydrogen (secondary N) is 1. The van der Waals surface area contributed by atoms with Gasteiger partial charge in [-0.1, -0.05) is 37.5 Å². The number of benzene rings is 1. The fourth-order valence-corrected chi connectivity index (χ4v) is 8.33. The molecule has 1 N–H and O–H groups in total. The van der Waals surface area contributed by atoms with Crippen molar-refractivity contribution < 1.29 is 27.5 Å². The van der Waals surface area contributed by atoms with Crippen molar-refractivity contribution in [3.8, 4) is 11.8 Å². The highest BCUT2D eigenvalue weighted by molar-refractivity contribution is 5.93. The van der Waals surface area contributed by atoms with Crippen LogP contribution in [0.4, 0.5) is 18.9 Å². The van der Waals surface area contributed by atoms with E-state index < -0.39 is 17.0 Å². The number of ketones is 2. The smallest absolute Gasteiger partial charge is 0.388 e. The maximum Gasteiger partial charge on any atom is 0.457 e. The lowest BCUT2D eigenvalue weighted by molar-refractivity contribution is -0.137. The molecule has 0 spiro atoms. The summed E-state index contributed by atoms with van der Waals surface area (Å²) in [5, 5.41) is 3.14. The van der Waals surface area contributed by atoms with Gasteiger partial charge in [0.05, 0.1) is 5.41 Å². The fourth-order valence-electron chi connectivity index (χ4n) is 8.33. The Kier molecular flexibility index (Phi) is 7.08. The van der Waals surface area contributed by atoms with Gasteiger partial charge in [0.25, 0.3) is 0 Å². The van der Waals surface area contributed by atoms with Crippen molar-refractivity contribution >= 4 is 17.3 Å². The van der Waals surface area contributed by atoms with E-state index in [1.165, 1.54) is 24.2 Å². The molecule has 2 saturated carbocycles. The van der Waals surface area contributed by atoms with Gasteiger partial charge < -0.3 is 10.1 Å². The second-order valence-corrected chi connectivity index (χ2v) is 11.9. The highest BCUT2D eigenvalue weighted by Gasteiger charge is 2.66. The van der Waals surface area contributed by atoms with E-state index in [0.717, 1.165) is 23.2 Å². The minimum atomic E-state index is -4.69. The van der Waals surface area contributed by atoms with Gasteiger partial charge in [-0.2, -0.15) is 13.2 Å². The zero-order valence-electron chi connectivity index (χ0n) is 23.0. The molecule has 1 unspecified atom stereocenters. The predicted molar refractivity (Wildman–Crippen MR) is 144 cm³/mol. The van der Waals surface area contributed by atoms with Gasteiger partial charge in [-0.25, -0.2) is 0 Å². The lowest BCUT2D eigenvalue weighted by Gasteiger charge is -2.55. The summed E-state index contributed by atoms with van der Waals surface area (Å²) in [6.45, 7) is 3.88. The van der Waals surface area contributed by atoms with Crippen molar-refractivity contribution in [3.05, 3.63) is 52.6 Å². The number of methoxy groups -OCH3 is 1. The molecule has 2 fully saturated rings. The maximum absolute atomic E-state index is 13.7. The second-order valence-electron chi connectivity index (χ2n) is 11.9. The van der Waals surface area contributed by atoms with Crippen molar-refractivity contribution in [1.82, 2.24) is 0 Å². The highest BCUT2D eigenvalue weighted by atomic mass is 19.4. The van der Waals surface area contributed by atoms with E-state index in [9.17, 15) is 22.8 Å². The molecule has 0 radical (unpaired) electrons. The van der Waals surface area contributed by atoms with E-state index in [4.69, 9.17) is 4.74 Å². The summed E-state index contributed by atoms with van der Waals surface area (Å²) < 4.78 is 45.6. The number of allylic oxidation sites excluding steroid dienone is 4. The Bertz CT molecular complexity index is 1300. The first kappa shape index (κ1) is 27.7. The molecule has 1 aromatic carbocycles. The van der Waals surface area contributed by atoms with E-state index in [0.29, 0.717) is 32.1 Å². The van der Waals surface area contributed by atoms with Crippen molar-refractivity contribution in [3.63, 3.8) is 0 Å². The zero-order chi connectivity index (χ0) is 28.2. The van der Waals surface area contributed by atoms with Crippen LogP contribution >= 0.6 is 0 Å². The lowest BCUT2D eigenvalue weighted by Crippen LogP contribution is -2.52. The third-order valence-corrected chi connectivity index (χ3v) is 10.1. The molecular weight excluding hydrogens is 503 g/mol. The second kappa shape index (κ2) is 9.96. The number of halogens is 3. The Morgan fingerprint density at radius 2 is 1.92 bits per heavy atom. The average Bonchev–Trinajstić information content (AvgIpc) is 3.20. The number of alkyl halides is 3. The molecule has 6 atom stereocenters. The third-order valence-electron chi connectivity index (χ3n) is 10.1.